The molecule has 3 N–H and O–H groups in total. The highest BCUT2D eigenvalue weighted by Gasteiger charge is 2.20. The smallest absolute Gasteiger partial charge is 0.323 e. The fourth-order valence-electron chi connectivity index (χ4n) is 1.34. The lowest BCUT2D eigenvalue weighted by Gasteiger charge is -2.17. The zero-order valence-corrected chi connectivity index (χ0v) is 15.1. The monoisotopic (exact) mass is 345 g/mol. The molecule has 2 atom stereocenters. The first kappa shape index (κ1) is 21.6. The lowest BCUT2D eigenvalue weighted by Crippen LogP contribution is -2.38. The summed E-state index contributed by atoms with van der Waals surface area (Å²) in [5, 5.41) is 0. The van der Waals surface area contributed by atoms with Crippen LogP contribution in [0.5, 0.6) is 0 Å². The predicted octanol–water partition coefficient (Wildman–Crippen LogP) is 2.55. The molecule has 0 amide bonds. The summed E-state index contributed by atoms with van der Waals surface area (Å²) in [7, 11) is -4.02. The van der Waals surface area contributed by atoms with Crippen LogP contribution in [-0.2, 0) is 19.6 Å². The van der Waals surface area contributed by atoms with Gasteiger partial charge in [-0.3, -0.25) is 9.35 Å². The Hall–Kier alpha value is -1.44. The average Bonchev–Trinajstić information content (AvgIpc) is 2.46. The van der Waals surface area contributed by atoms with Crippen molar-refractivity contribution >= 4 is 16.1 Å². The summed E-state index contributed by atoms with van der Waals surface area (Å²) >= 11 is 0. The molecule has 0 spiro atoms. The van der Waals surface area contributed by atoms with E-state index in [4.69, 9.17) is 15.0 Å². The van der Waals surface area contributed by atoms with E-state index in [0.29, 0.717) is 0 Å². The first-order valence-corrected chi connectivity index (χ1v) is 8.93. The number of benzene rings is 1. The minimum absolute atomic E-state index is 0.0256. The third-order valence-electron chi connectivity index (χ3n) is 3.20. The van der Waals surface area contributed by atoms with Crippen LogP contribution < -0.4 is 5.73 Å². The number of hydrogen-bond donors (Lipinski definition) is 2. The lowest BCUT2D eigenvalue weighted by molar-refractivity contribution is -0.151. The number of carbonyl (C=O) groups excluding carboxylic acids is 1. The summed E-state index contributed by atoms with van der Waals surface area (Å²) in [6.45, 7) is 9.49. The van der Waals surface area contributed by atoms with E-state index < -0.39 is 16.2 Å². The van der Waals surface area contributed by atoms with Gasteiger partial charge >= 0.3 is 5.97 Å². The number of ether oxygens (including phenoxy) is 1. The van der Waals surface area contributed by atoms with Crippen LogP contribution in [0.2, 0.25) is 0 Å². The standard InChI is InChI=1S/C9H19NO2.C7H8O3S/c1-5-7(4)12-9(11)8(10)6(2)3;1-6-2-4-7(5-3-6)11(8,9)10/h6-8H,5,10H2,1-4H3;2-5H,1H3,(H,8,9,10). The zero-order chi connectivity index (χ0) is 18.2. The average molecular weight is 345 g/mol. The molecule has 6 nitrogen and oxygen atoms in total. The maximum absolute atomic E-state index is 11.2. The Kier molecular flexibility index (Phi) is 9.04. The van der Waals surface area contributed by atoms with Crippen molar-refractivity contribution in [3.63, 3.8) is 0 Å². The van der Waals surface area contributed by atoms with Gasteiger partial charge in [0.1, 0.15) is 6.04 Å². The maximum atomic E-state index is 11.2. The van der Waals surface area contributed by atoms with Gasteiger partial charge in [0.25, 0.3) is 10.1 Å². The molecule has 0 saturated carbocycles. The summed E-state index contributed by atoms with van der Waals surface area (Å²) in [5.74, 6) is -0.152. The molecule has 0 fully saturated rings. The van der Waals surface area contributed by atoms with E-state index in [1.165, 1.54) is 12.1 Å². The van der Waals surface area contributed by atoms with Crippen molar-refractivity contribution in [1.82, 2.24) is 0 Å². The summed E-state index contributed by atoms with van der Waals surface area (Å²) in [5.41, 5.74) is 6.54. The van der Waals surface area contributed by atoms with Gasteiger partial charge in [-0.05, 0) is 38.3 Å². The topological polar surface area (TPSA) is 107 Å². The van der Waals surface area contributed by atoms with Gasteiger partial charge in [-0.2, -0.15) is 8.42 Å². The minimum Gasteiger partial charge on any atom is -0.462 e. The quantitative estimate of drug-likeness (QED) is 0.627. The predicted molar refractivity (Wildman–Crippen MR) is 89.7 cm³/mol. The van der Waals surface area contributed by atoms with Crippen LogP contribution in [0.25, 0.3) is 0 Å². The molecule has 132 valence electrons. The molecule has 0 bridgehead atoms. The van der Waals surface area contributed by atoms with Gasteiger partial charge in [-0.25, -0.2) is 0 Å². The molecule has 1 aromatic carbocycles. The summed E-state index contributed by atoms with van der Waals surface area (Å²) in [4.78, 5) is 11.1. The number of rotatable bonds is 5. The van der Waals surface area contributed by atoms with Crippen LogP contribution in [0.4, 0.5) is 0 Å². The number of hydrogen-bond acceptors (Lipinski definition) is 5. The fraction of sp³-hybridized carbons (Fsp3) is 0.562. The molecule has 0 radical (unpaired) electrons. The maximum Gasteiger partial charge on any atom is 0.323 e. The molecule has 1 rings (SSSR count). The normalized spacial score (nSPS) is 13.7. The van der Waals surface area contributed by atoms with Gasteiger partial charge in [0.05, 0.1) is 11.0 Å². The Bertz CT molecular complexity index is 581. The first-order chi connectivity index (χ1) is 10.5. The Morgan fingerprint density at radius 2 is 1.70 bits per heavy atom. The fourth-order valence-corrected chi connectivity index (χ4v) is 1.82. The van der Waals surface area contributed by atoms with E-state index in [-0.39, 0.29) is 22.9 Å². The zero-order valence-electron chi connectivity index (χ0n) is 14.3. The Balaban J connectivity index is 0.000000422. The second-order valence-electron chi connectivity index (χ2n) is 5.71. The van der Waals surface area contributed by atoms with Crippen LogP contribution in [0.3, 0.4) is 0 Å². The van der Waals surface area contributed by atoms with E-state index in [1.807, 2.05) is 34.6 Å². The van der Waals surface area contributed by atoms with E-state index in [1.54, 1.807) is 12.1 Å². The van der Waals surface area contributed by atoms with Gasteiger partial charge in [0, 0.05) is 0 Å². The molecule has 2 unspecified atom stereocenters. The lowest BCUT2D eigenvalue weighted by atomic mass is 10.1. The third-order valence-corrected chi connectivity index (χ3v) is 4.07. The minimum atomic E-state index is -4.02. The molecular formula is C16H27NO5S. The van der Waals surface area contributed by atoms with E-state index in [2.05, 4.69) is 0 Å². The number of nitrogens with two attached hydrogens (primary N) is 1. The molecule has 1 aromatic rings. The van der Waals surface area contributed by atoms with Gasteiger partial charge < -0.3 is 10.5 Å². The van der Waals surface area contributed by atoms with Crippen LogP contribution >= 0.6 is 0 Å². The van der Waals surface area contributed by atoms with Crippen molar-refractivity contribution in [2.45, 2.75) is 58.1 Å². The number of esters is 1. The van der Waals surface area contributed by atoms with E-state index in [9.17, 15) is 13.2 Å². The highest BCUT2D eigenvalue weighted by atomic mass is 32.2. The van der Waals surface area contributed by atoms with Gasteiger partial charge in [0.2, 0.25) is 0 Å². The SMILES string of the molecule is CCC(C)OC(=O)C(N)C(C)C.Cc1ccc(S(=O)(=O)O)cc1. The van der Waals surface area contributed by atoms with Crippen molar-refractivity contribution in [2.75, 3.05) is 0 Å². The number of carbonyl (C=O) groups is 1. The summed E-state index contributed by atoms with van der Waals surface area (Å²) in [6, 6.07) is 5.50. The second-order valence-corrected chi connectivity index (χ2v) is 7.14. The van der Waals surface area contributed by atoms with Crippen molar-refractivity contribution in [2.24, 2.45) is 11.7 Å². The Morgan fingerprint density at radius 1 is 1.22 bits per heavy atom. The molecule has 0 aromatic heterocycles. The van der Waals surface area contributed by atoms with Crippen LogP contribution in [-0.4, -0.2) is 31.1 Å². The third kappa shape index (κ3) is 8.68. The Labute approximate surface area is 138 Å². The highest BCUT2D eigenvalue weighted by molar-refractivity contribution is 7.85. The number of aryl methyl sites for hydroxylation is 1. The molecule has 0 saturated heterocycles. The van der Waals surface area contributed by atoms with Crippen molar-refractivity contribution in [1.29, 1.82) is 0 Å². The van der Waals surface area contributed by atoms with E-state index >= 15 is 0 Å². The molecule has 23 heavy (non-hydrogen) atoms. The van der Waals surface area contributed by atoms with Crippen molar-refractivity contribution in [3.05, 3.63) is 29.8 Å². The second kappa shape index (κ2) is 9.64. The van der Waals surface area contributed by atoms with Crippen molar-refractivity contribution in [3.8, 4) is 0 Å². The van der Waals surface area contributed by atoms with Crippen LogP contribution in [0, 0.1) is 12.8 Å². The molecule has 7 heteroatoms. The molecule has 0 aliphatic heterocycles. The summed E-state index contributed by atoms with van der Waals surface area (Å²) < 4.78 is 34.6. The van der Waals surface area contributed by atoms with Gasteiger partial charge in [-0.15, -0.1) is 0 Å². The van der Waals surface area contributed by atoms with Gasteiger partial charge in [0.15, 0.2) is 0 Å². The Morgan fingerprint density at radius 3 is 2.04 bits per heavy atom. The van der Waals surface area contributed by atoms with E-state index in [0.717, 1.165) is 12.0 Å². The highest BCUT2D eigenvalue weighted by Crippen LogP contribution is 2.08. The molecular weight excluding hydrogens is 318 g/mol. The largest absolute Gasteiger partial charge is 0.462 e. The first-order valence-electron chi connectivity index (χ1n) is 7.49. The van der Waals surface area contributed by atoms with Crippen LogP contribution in [0.1, 0.15) is 39.7 Å². The van der Waals surface area contributed by atoms with Gasteiger partial charge in [-0.1, -0.05) is 38.5 Å². The van der Waals surface area contributed by atoms with Crippen LogP contribution in [0.15, 0.2) is 29.2 Å². The molecule has 0 aliphatic rings. The summed E-state index contributed by atoms with van der Waals surface area (Å²) in [6.07, 6.45) is 0.804. The molecule has 0 heterocycles. The molecule has 0 aliphatic carbocycles. The van der Waals surface area contributed by atoms with Crippen molar-refractivity contribution < 1.29 is 22.5 Å².